The zero-order valence-electron chi connectivity index (χ0n) is 18.0. The summed E-state index contributed by atoms with van der Waals surface area (Å²) in [6.45, 7) is 0. The van der Waals surface area contributed by atoms with Crippen LogP contribution in [0.4, 0.5) is 11.4 Å². The van der Waals surface area contributed by atoms with Crippen molar-refractivity contribution in [3.63, 3.8) is 0 Å². The van der Waals surface area contributed by atoms with Crippen molar-refractivity contribution in [3.8, 4) is 11.5 Å². The molecular weight excluding hydrogens is 448 g/mol. The standard InChI is InChI=1S/C23H22N2O7S/c1-31-21-13-3-16(15-22(21)32-2)4-14-23(26)24-17-5-9-19(10-6-17)33(29,30)20-11-7-18(8-12-20)25(27)28/h3,5-13,15H,4,14H2,1-2H3,(H,24,26). The highest BCUT2D eigenvalue weighted by Gasteiger charge is 2.19. The number of sulfone groups is 1. The van der Waals surface area contributed by atoms with Crippen molar-refractivity contribution in [2.45, 2.75) is 22.6 Å². The highest BCUT2D eigenvalue weighted by atomic mass is 32.2. The van der Waals surface area contributed by atoms with Gasteiger partial charge in [0, 0.05) is 24.2 Å². The van der Waals surface area contributed by atoms with Crippen molar-refractivity contribution >= 4 is 27.1 Å². The fraction of sp³-hybridized carbons (Fsp3) is 0.174. The van der Waals surface area contributed by atoms with E-state index in [1.807, 2.05) is 12.1 Å². The number of rotatable bonds is 9. The number of amides is 1. The number of carbonyl (C=O) groups excluding carboxylic acids is 1. The number of nitrogens with zero attached hydrogens (tertiary/aromatic N) is 1. The minimum atomic E-state index is -3.84. The van der Waals surface area contributed by atoms with E-state index in [0.717, 1.165) is 17.7 Å². The molecule has 172 valence electrons. The van der Waals surface area contributed by atoms with Gasteiger partial charge in [-0.1, -0.05) is 6.07 Å². The number of nitrogens with one attached hydrogen (secondary N) is 1. The third kappa shape index (κ3) is 5.66. The Bertz CT molecular complexity index is 1250. The number of benzene rings is 3. The van der Waals surface area contributed by atoms with Gasteiger partial charge in [0.05, 0.1) is 28.9 Å². The van der Waals surface area contributed by atoms with Crippen LogP contribution in [0.25, 0.3) is 0 Å². The molecule has 0 aliphatic heterocycles. The Kier molecular flexibility index (Phi) is 7.29. The van der Waals surface area contributed by atoms with Crippen LogP contribution in [0, 0.1) is 10.1 Å². The highest BCUT2D eigenvalue weighted by Crippen LogP contribution is 2.28. The molecular formula is C23H22N2O7S. The maximum Gasteiger partial charge on any atom is 0.269 e. The minimum Gasteiger partial charge on any atom is -0.493 e. The molecule has 9 nitrogen and oxygen atoms in total. The molecule has 10 heteroatoms. The van der Waals surface area contributed by atoms with E-state index in [1.165, 1.54) is 36.4 Å². The largest absolute Gasteiger partial charge is 0.493 e. The molecule has 0 aromatic heterocycles. The van der Waals surface area contributed by atoms with E-state index in [2.05, 4.69) is 5.32 Å². The molecule has 0 atom stereocenters. The van der Waals surface area contributed by atoms with Gasteiger partial charge in [0.1, 0.15) is 0 Å². The van der Waals surface area contributed by atoms with Crippen molar-refractivity contribution in [2.24, 2.45) is 0 Å². The molecule has 3 aromatic carbocycles. The van der Waals surface area contributed by atoms with Crippen LogP contribution in [-0.2, 0) is 21.1 Å². The van der Waals surface area contributed by atoms with Crippen LogP contribution in [-0.4, -0.2) is 33.5 Å². The Morgan fingerprint density at radius 3 is 2.03 bits per heavy atom. The zero-order valence-corrected chi connectivity index (χ0v) is 18.8. The van der Waals surface area contributed by atoms with Gasteiger partial charge in [-0.3, -0.25) is 14.9 Å². The number of ether oxygens (including phenoxy) is 2. The highest BCUT2D eigenvalue weighted by molar-refractivity contribution is 7.91. The maximum absolute atomic E-state index is 12.7. The average molecular weight is 471 g/mol. The summed E-state index contributed by atoms with van der Waals surface area (Å²) in [5.41, 5.74) is 1.17. The molecule has 1 N–H and O–H groups in total. The van der Waals surface area contributed by atoms with Crippen molar-refractivity contribution < 1.29 is 27.6 Å². The molecule has 0 fully saturated rings. The average Bonchev–Trinajstić information content (AvgIpc) is 2.82. The SMILES string of the molecule is COc1ccc(CCC(=O)Nc2ccc(S(=O)(=O)c3ccc([N+](=O)[O-])cc3)cc2)cc1OC. The summed E-state index contributed by atoms with van der Waals surface area (Å²) in [5, 5.41) is 13.5. The predicted octanol–water partition coefficient (Wildman–Crippen LogP) is 4.02. The van der Waals surface area contributed by atoms with E-state index < -0.39 is 14.8 Å². The molecule has 0 unspecified atom stereocenters. The van der Waals surface area contributed by atoms with E-state index in [4.69, 9.17) is 9.47 Å². The second-order valence-electron chi connectivity index (χ2n) is 7.02. The van der Waals surface area contributed by atoms with Gasteiger partial charge in [-0.05, 0) is 60.5 Å². The first kappa shape index (κ1) is 23.7. The predicted molar refractivity (Wildman–Crippen MR) is 121 cm³/mol. The number of non-ortho nitro benzene ring substituents is 1. The van der Waals surface area contributed by atoms with Crippen molar-refractivity contribution in [2.75, 3.05) is 19.5 Å². The summed E-state index contributed by atoms with van der Waals surface area (Å²) in [5.74, 6) is 0.963. The zero-order chi connectivity index (χ0) is 24.0. The van der Waals surface area contributed by atoms with Crippen LogP contribution in [0.1, 0.15) is 12.0 Å². The minimum absolute atomic E-state index is 0.0136. The number of methoxy groups -OCH3 is 2. The number of hydrogen-bond donors (Lipinski definition) is 1. The number of hydrogen-bond acceptors (Lipinski definition) is 7. The summed E-state index contributed by atoms with van der Waals surface area (Å²) >= 11 is 0. The molecule has 0 saturated carbocycles. The van der Waals surface area contributed by atoms with E-state index >= 15 is 0 Å². The molecule has 1 amide bonds. The Morgan fingerprint density at radius 1 is 0.909 bits per heavy atom. The van der Waals surface area contributed by atoms with E-state index in [0.29, 0.717) is 23.6 Å². The molecule has 0 bridgehead atoms. The summed E-state index contributed by atoms with van der Waals surface area (Å²) in [7, 11) is -0.752. The monoisotopic (exact) mass is 470 g/mol. The Balaban J connectivity index is 1.63. The number of nitro groups is 1. The van der Waals surface area contributed by atoms with Gasteiger partial charge in [0.15, 0.2) is 11.5 Å². The van der Waals surface area contributed by atoms with E-state index in [1.54, 1.807) is 20.3 Å². The normalized spacial score (nSPS) is 11.0. The lowest BCUT2D eigenvalue weighted by Gasteiger charge is -2.10. The van der Waals surface area contributed by atoms with Crippen LogP contribution in [0.15, 0.2) is 76.5 Å². The topological polar surface area (TPSA) is 125 Å². The molecule has 3 rings (SSSR count). The summed E-state index contributed by atoms with van der Waals surface area (Å²) in [6, 6.07) is 15.8. The van der Waals surface area contributed by atoms with Gasteiger partial charge in [0.25, 0.3) is 5.69 Å². The van der Waals surface area contributed by atoms with E-state index in [-0.39, 0.29) is 27.8 Å². The van der Waals surface area contributed by atoms with Crippen LogP contribution >= 0.6 is 0 Å². The fourth-order valence-electron chi connectivity index (χ4n) is 3.12. The second-order valence-corrected chi connectivity index (χ2v) is 8.97. The number of anilines is 1. The van der Waals surface area contributed by atoms with Crippen molar-refractivity contribution in [1.82, 2.24) is 0 Å². The molecule has 0 radical (unpaired) electrons. The molecule has 0 spiro atoms. The third-order valence-corrected chi connectivity index (χ3v) is 6.68. The maximum atomic E-state index is 12.7. The molecule has 0 aliphatic rings. The smallest absolute Gasteiger partial charge is 0.269 e. The third-order valence-electron chi connectivity index (χ3n) is 4.89. The molecule has 0 aliphatic carbocycles. The number of carbonyl (C=O) groups is 1. The lowest BCUT2D eigenvalue weighted by molar-refractivity contribution is -0.384. The quantitative estimate of drug-likeness (QED) is 0.370. The Morgan fingerprint density at radius 2 is 1.48 bits per heavy atom. The first-order chi connectivity index (χ1) is 15.7. The number of aryl methyl sites for hydroxylation is 1. The fourth-order valence-corrected chi connectivity index (χ4v) is 4.38. The van der Waals surface area contributed by atoms with Crippen molar-refractivity contribution in [1.29, 1.82) is 0 Å². The Hall–Kier alpha value is -3.92. The van der Waals surface area contributed by atoms with Gasteiger partial charge in [0.2, 0.25) is 15.7 Å². The summed E-state index contributed by atoms with van der Waals surface area (Å²) in [6.07, 6.45) is 0.705. The van der Waals surface area contributed by atoms with Crippen LogP contribution < -0.4 is 14.8 Å². The molecule has 33 heavy (non-hydrogen) atoms. The van der Waals surface area contributed by atoms with Gasteiger partial charge in [-0.15, -0.1) is 0 Å². The first-order valence-corrected chi connectivity index (χ1v) is 11.3. The summed E-state index contributed by atoms with van der Waals surface area (Å²) < 4.78 is 35.9. The number of nitro benzene ring substituents is 1. The second kappa shape index (κ2) is 10.1. The van der Waals surface area contributed by atoms with Crippen LogP contribution in [0.3, 0.4) is 0 Å². The van der Waals surface area contributed by atoms with Gasteiger partial charge in [-0.2, -0.15) is 0 Å². The molecule has 3 aromatic rings. The first-order valence-electron chi connectivity index (χ1n) is 9.85. The van der Waals surface area contributed by atoms with Crippen LogP contribution in [0.2, 0.25) is 0 Å². The summed E-state index contributed by atoms with van der Waals surface area (Å²) in [4.78, 5) is 22.4. The van der Waals surface area contributed by atoms with Gasteiger partial charge in [-0.25, -0.2) is 8.42 Å². The van der Waals surface area contributed by atoms with Gasteiger partial charge >= 0.3 is 0 Å². The van der Waals surface area contributed by atoms with Gasteiger partial charge < -0.3 is 14.8 Å². The van der Waals surface area contributed by atoms with Crippen molar-refractivity contribution in [3.05, 3.63) is 82.4 Å². The van der Waals surface area contributed by atoms with Crippen LogP contribution in [0.5, 0.6) is 11.5 Å². The molecule has 0 heterocycles. The lowest BCUT2D eigenvalue weighted by atomic mass is 10.1. The lowest BCUT2D eigenvalue weighted by Crippen LogP contribution is -2.12. The van der Waals surface area contributed by atoms with E-state index in [9.17, 15) is 23.3 Å². The molecule has 0 saturated heterocycles. The Labute approximate surface area is 191 Å².